The van der Waals surface area contributed by atoms with Crippen molar-refractivity contribution in [1.29, 1.82) is 0 Å². The lowest BCUT2D eigenvalue weighted by molar-refractivity contribution is -0.151. The summed E-state index contributed by atoms with van der Waals surface area (Å²) in [6.07, 6.45) is 6.90. The van der Waals surface area contributed by atoms with Crippen LogP contribution in [-0.2, 0) is 21.0 Å². The molecule has 5 nitrogen and oxygen atoms in total. The van der Waals surface area contributed by atoms with Crippen molar-refractivity contribution in [2.24, 2.45) is 29.1 Å². The molecule has 4 aliphatic carbocycles. The molecule has 4 bridgehead atoms. The fraction of sp³-hybridized carbons (Fsp3) is 0.652. The van der Waals surface area contributed by atoms with Crippen LogP contribution in [0.15, 0.2) is 30.3 Å². The average molecular weight is 385 g/mol. The zero-order chi connectivity index (χ0) is 19.7. The van der Waals surface area contributed by atoms with E-state index in [9.17, 15) is 9.59 Å². The number of carbonyl (C=O) groups is 2. The average Bonchev–Trinajstić information content (AvgIpc) is 2.65. The van der Waals surface area contributed by atoms with Gasteiger partial charge in [-0.1, -0.05) is 44.2 Å². The topological polar surface area (TPSA) is 67.4 Å². The van der Waals surface area contributed by atoms with E-state index in [1.807, 2.05) is 44.2 Å². The van der Waals surface area contributed by atoms with Crippen LogP contribution in [0.4, 0.5) is 0 Å². The summed E-state index contributed by atoms with van der Waals surface area (Å²) in [7, 11) is 0. The van der Waals surface area contributed by atoms with Crippen LogP contribution in [0, 0.1) is 29.1 Å². The molecule has 0 spiro atoms. The lowest BCUT2D eigenvalue weighted by atomic mass is 9.49. The maximum atomic E-state index is 13.3. The van der Waals surface area contributed by atoms with E-state index < -0.39 is 6.04 Å². The van der Waals surface area contributed by atoms with Crippen molar-refractivity contribution < 1.29 is 14.4 Å². The number of amides is 2. The van der Waals surface area contributed by atoms with E-state index in [2.05, 4.69) is 10.8 Å². The summed E-state index contributed by atoms with van der Waals surface area (Å²) in [6.45, 7) is 4.23. The number of hydrogen-bond acceptors (Lipinski definition) is 3. The highest BCUT2D eigenvalue weighted by Gasteiger charge is 2.55. The van der Waals surface area contributed by atoms with Gasteiger partial charge in [0.1, 0.15) is 6.04 Å². The fourth-order valence-corrected chi connectivity index (χ4v) is 6.05. The smallest absolute Gasteiger partial charge is 0.266 e. The molecule has 152 valence electrons. The van der Waals surface area contributed by atoms with E-state index in [0.29, 0.717) is 24.4 Å². The van der Waals surface area contributed by atoms with Gasteiger partial charge in [-0.15, -0.1) is 0 Å². The minimum Gasteiger partial charge on any atom is -0.343 e. The van der Waals surface area contributed by atoms with Crippen LogP contribution in [0.3, 0.4) is 0 Å². The first-order valence-corrected chi connectivity index (χ1v) is 10.7. The van der Waals surface area contributed by atoms with Crippen molar-refractivity contribution in [3.63, 3.8) is 0 Å². The Bertz CT molecular complexity index is 681. The van der Waals surface area contributed by atoms with Gasteiger partial charge in [0, 0.05) is 5.41 Å². The first-order valence-electron chi connectivity index (χ1n) is 10.7. The molecule has 2 amide bonds. The van der Waals surface area contributed by atoms with Gasteiger partial charge in [-0.2, -0.15) is 0 Å². The van der Waals surface area contributed by atoms with Crippen molar-refractivity contribution in [2.45, 2.75) is 65.0 Å². The largest absolute Gasteiger partial charge is 0.343 e. The zero-order valence-corrected chi connectivity index (χ0v) is 16.9. The predicted octanol–water partition coefficient (Wildman–Crippen LogP) is 3.59. The van der Waals surface area contributed by atoms with Crippen molar-refractivity contribution >= 4 is 11.8 Å². The van der Waals surface area contributed by atoms with Crippen molar-refractivity contribution in [3.05, 3.63) is 35.9 Å². The number of hydrogen-bond donors (Lipinski definition) is 2. The zero-order valence-electron chi connectivity index (χ0n) is 16.9. The third-order valence-corrected chi connectivity index (χ3v) is 7.01. The van der Waals surface area contributed by atoms with Crippen LogP contribution in [0.1, 0.15) is 57.9 Å². The molecule has 1 aromatic rings. The lowest BCUT2D eigenvalue weighted by Gasteiger charge is -2.55. The van der Waals surface area contributed by atoms with Crippen LogP contribution < -0.4 is 10.8 Å². The van der Waals surface area contributed by atoms with E-state index in [-0.39, 0.29) is 23.1 Å². The number of rotatable bonds is 7. The molecule has 4 fully saturated rings. The third kappa shape index (κ3) is 3.95. The van der Waals surface area contributed by atoms with Gasteiger partial charge in [0.05, 0.1) is 6.61 Å². The summed E-state index contributed by atoms with van der Waals surface area (Å²) >= 11 is 0. The first kappa shape index (κ1) is 19.4. The van der Waals surface area contributed by atoms with E-state index in [0.717, 1.165) is 24.8 Å². The molecular formula is C23H32N2O3. The first-order chi connectivity index (χ1) is 13.4. The molecule has 0 aromatic heterocycles. The standard InChI is InChI=1S/C23H32N2O3/c1-15(2)20(21(26)25-28-14-16-6-4-3-5-7-16)24-22(27)23-11-17-8-18(12-23)10-19(9-17)13-23/h3-7,15,17-20H,8-14H2,1-2H3,(H,24,27)(H,25,26)/t17?,18?,19?,20-,23?/m1/s1. The Balaban J connectivity index is 1.35. The van der Waals surface area contributed by atoms with Gasteiger partial charge in [-0.3, -0.25) is 14.4 Å². The second kappa shape index (κ2) is 7.86. The molecule has 0 aliphatic heterocycles. The Morgan fingerprint density at radius 3 is 2.14 bits per heavy atom. The Hall–Kier alpha value is -1.88. The summed E-state index contributed by atoms with van der Waals surface area (Å²) in [4.78, 5) is 31.4. The fourth-order valence-electron chi connectivity index (χ4n) is 6.05. The molecule has 2 N–H and O–H groups in total. The maximum absolute atomic E-state index is 13.3. The van der Waals surface area contributed by atoms with Crippen LogP contribution in [-0.4, -0.2) is 17.9 Å². The highest BCUT2D eigenvalue weighted by Crippen LogP contribution is 2.60. The summed E-state index contributed by atoms with van der Waals surface area (Å²) in [6, 6.07) is 9.13. The second-order valence-corrected chi connectivity index (χ2v) is 9.63. The molecule has 1 atom stereocenters. The van der Waals surface area contributed by atoms with Crippen LogP contribution in [0.5, 0.6) is 0 Å². The Morgan fingerprint density at radius 1 is 1.04 bits per heavy atom. The van der Waals surface area contributed by atoms with Crippen molar-refractivity contribution in [2.75, 3.05) is 0 Å². The SMILES string of the molecule is CC(C)[C@@H](NC(=O)C12CC3CC(CC(C3)C1)C2)C(=O)NOCc1ccccc1. The highest BCUT2D eigenvalue weighted by atomic mass is 16.6. The van der Waals surface area contributed by atoms with Crippen LogP contribution in [0.2, 0.25) is 0 Å². The maximum Gasteiger partial charge on any atom is 0.266 e. The van der Waals surface area contributed by atoms with Crippen LogP contribution >= 0.6 is 0 Å². The van der Waals surface area contributed by atoms with E-state index in [4.69, 9.17) is 4.84 Å². The Kier molecular flexibility index (Phi) is 5.46. The summed E-state index contributed by atoms with van der Waals surface area (Å²) < 4.78 is 0. The molecule has 0 heterocycles. The van der Waals surface area contributed by atoms with Gasteiger partial charge in [-0.05, 0) is 67.8 Å². The van der Waals surface area contributed by atoms with Gasteiger partial charge >= 0.3 is 0 Å². The molecular weight excluding hydrogens is 352 g/mol. The van der Waals surface area contributed by atoms with Gasteiger partial charge in [0.2, 0.25) is 5.91 Å². The molecule has 0 saturated heterocycles. The number of benzene rings is 1. The van der Waals surface area contributed by atoms with E-state index in [1.54, 1.807) is 0 Å². The molecule has 5 rings (SSSR count). The summed E-state index contributed by atoms with van der Waals surface area (Å²) in [5.41, 5.74) is 3.28. The molecule has 5 heteroatoms. The molecule has 1 aromatic carbocycles. The van der Waals surface area contributed by atoms with Gasteiger partial charge in [0.15, 0.2) is 0 Å². The summed E-state index contributed by atoms with van der Waals surface area (Å²) in [5, 5.41) is 3.09. The minimum atomic E-state index is -0.573. The van der Waals surface area contributed by atoms with Crippen molar-refractivity contribution in [1.82, 2.24) is 10.8 Å². The van der Waals surface area contributed by atoms with Crippen molar-refractivity contribution in [3.8, 4) is 0 Å². The molecule has 0 unspecified atom stereocenters. The van der Waals surface area contributed by atoms with Crippen LogP contribution in [0.25, 0.3) is 0 Å². The van der Waals surface area contributed by atoms with E-state index in [1.165, 1.54) is 19.3 Å². The second-order valence-electron chi connectivity index (χ2n) is 9.63. The molecule has 4 saturated carbocycles. The monoisotopic (exact) mass is 384 g/mol. The third-order valence-electron chi connectivity index (χ3n) is 7.01. The highest BCUT2D eigenvalue weighted by molar-refractivity contribution is 5.90. The number of carbonyl (C=O) groups excluding carboxylic acids is 2. The molecule has 28 heavy (non-hydrogen) atoms. The Morgan fingerprint density at radius 2 is 1.61 bits per heavy atom. The van der Waals surface area contributed by atoms with Gasteiger partial charge in [0.25, 0.3) is 5.91 Å². The quantitative estimate of drug-likeness (QED) is 0.706. The number of nitrogens with one attached hydrogen (secondary N) is 2. The number of hydroxylamine groups is 1. The molecule has 4 aliphatic rings. The minimum absolute atomic E-state index is 0.00168. The lowest BCUT2D eigenvalue weighted by Crippen LogP contribution is -2.58. The van der Waals surface area contributed by atoms with Gasteiger partial charge < -0.3 is 5.32 Å². The normalized spacial score (nSPS) is 31.6. The van der Waals surface area contributed by atoms with E-state index >= 15 is 0 Å². The van der Waals surface area contributed by atoms with Gasteiger partial charge in [-0.25, -0.2) is 5.48 Å². The Labute approximate surface area is 167 Å². The summed E-state index contributed by atoms with van der Waals surface area (Å²) in [5.74, 6) is 1.93. The predicted molar refractivity (Wildman–Crippen MR) is 107 cm³/mol. The molecule has 0 radical (unpaired) electrons.